The van der Waals surface area contributed by atoms with Crippen LogP contribution in [0.3, 0.4) is 0 Å². The molecular formula is C28H22ClN3O3. The van der Waals surface area contributed by atoms with Gasteiger partial charge in [-0.2, -0.15) is 5.10 Å². The summed E-state index contributed by atoms with van der Waals surface area (Å²) in [5, 5.41) is 5.19. The normalized spacial score (nSPS) is 10.8. The zero-order valence-corrected chi connectivity index (χ0v) is 19.8. The molecule has 0 radical (unpaired) electrons. The first kappa shape index (κ1) is 23.8. The molecule has 35 heavy (non-hydrogen) atoms. The van der Waals surface area contributed by atoms with Gasteiger partial charge in [-0.1, -0.05) is 66.1 Å². The summed E-state index contributed by atoms with van der Waals surface area (Å²) in [5.41, 5.74) is 6.03. The molecule has 0 bridgehead atoms. The van der Waals surface area contributed by atoms with Crippen molar-refractivity contribution in [1.82, 2.24) is 10.4 Å². The van der Waals surface area contributed by atoms with Crippen molar-refractivity contribution in [3.63, 3.8) is 0 Å². The lowest BCUT2D eigenvalue weighted by atomic mass is 10.0. The summed E-state index contributed by atoms with van der Waals surface area (Å²) in [6.45, 7) is 2.33. The highest BCUT2D eigenvalue weighted by Crippen LogP contribution is 2.36. The molecule has 0 saturated carbocycles. The maximum absolute atomic E-state index is 13.1. The van der Waals surface area contributed by atoms with Crippen molar-refractivity contribution in [2.24, 2.45) is 5.10 Å². The lowest BCUT2D eigenvalue weighted by molar-refractivity contribution is 0.0956. The minimum absolute atomic E-state index is 0.0636. The van der Waals surface area contributed by atoms with Gasteiger partial charge in [0, 0.05) is 10.9 Å². The van der Waals surface area contributed by atoms with Crippen LogP contribution >= 0.6 is 11.6 Å². The predicted octanol–water partition coefficient (Wildman–Crippen LogP) is 5.73. The van der Waals surface area contributed by atoms with E-state index in [4.69, 9.17) is 32.5 Å². The Kier molecular flexibility index (Phi) is 7.61. The zero-order valence-electron chi connectivity index (χ0n) is 19.0. The Morgan fingerprint density at radius 3 is 2.66 bits per heavy atom. The number of carbonyl (C=O) groups excluding carboxylic acids is 1. The smallest absolute Gasteiger partial charge is 0.272 e. The van der Waals surface area contributed by atoms with Gasteiger partial charge in [-0.15, -0.1) is 6.42 Å². The molecule has 4 rings (SSSR count). The monoisotopic (exact) mass is 483 g/mol. The standard InChI is InChI=1S/C28H22ClN3O3/c1-3-14-35-27-23(29)15-19(16-26(27)34-4-2)18-30-32-28(33)22-17-25(20-10-6-5-7-11-20)31-24-13-9-8-12-21(22)24/h1,5-13,15-18H,4,14H2,2H3,(H,32,33)/b30-18+. The van der Waals surface area contributed by atoms with Crippen molar-refractivity contribution < 1.29 is 14.3 Å². The molecule has 0 atom stereocenters. The molecule has 1 heterocycles. The fourth-order valence-corrected chi connectivity index (χ4v) is 3.80. The summed E-state index contributed by atoms with van der Waals surface area (Å²) >= 11 is 6.35. The number of hydrogen-bond donors (Lipinski definition) is 1. The molecule has 6 nitrogen and oxygen atoms in total. The molecule has 4 aromatic rings. The van der Waals surface area contributed by atoms with E-state index in [9.17, 15) is 4.79 Å². The minimum atomic E-state index is -0.359. The number of rotatable bonds is 8. The van der Waals surface area contributed by atoms with Gasteiger partial charge in [0.25, 0.3) is 5.91 Å². The first-order valence-electron chi connectivity index (χ1n) is 10.9. The van der Waals surface area contributed by atoms with E-state index in [-0.39, 0.29) is 12.5 Å². The Morgan fingerprint density at radius 2 is 1.89 bits per heavy atom. The average molecular weight is 484 g/mol. The van der Waals surface area contributed by atoms with E-state index in [1.807, 2.05) is 61.5 Å². The number of amides is 1. The van der Waals surface area contributed by atoms with Crippen LogP contribution in [0.2, 0.25) is 5.02 Å². The molecule has 0 unspecified atom stereocenters. The van der Waals surface area contributed by atoms with Crippen LogP contribution in [0, 0.1) is 12.3 Å². The lowest BCUT2D eigenvalue weighted by Crippen LogP contribution is -2.18. The van der Waals surface area contributed by atoms with Gasteiger partial charge in [0.05, 0.1) is 34.6 Å². The number of para-hydroxylation sites is 1. The number of benzene rings is 3. The number of fused-ring (bicyclic) bond motifs is 1. The van der Waals surface area contributed by atoms with E-state index in [0.29, 0.717) is 39.9 Å². The zero-order chi connectivity index (χ0) is 24.6. The van der Waals surface area contributed by atoms with Crippen LogP contribution < -0.4 is 14.9 Å². The SMILES string of the molecule is C#CCOc1c(Cl)cc(/C=N/NC(=O)c2cc(-c3ccccc3)nc3ccccc23)cc1OCC. The highest BCUT2D eigenvalue weighted by molar-refractivity contribution is 6.32. The first-order chi connectivity index (χ1) is 17.1. The van der Waals surface area contributed by atoms with Crippen molar-refractivity contribution in [3.05, 3.63) is 88.9 Å². The van der Waals surface area contributed by atoms with Gasteiger partial charge in [0.15, 0.2) is 11.5 Å². The molecule has 0 aliphatic rings. The second-order valence-corrected chi connectivity index (χ2v) is 7.80. The fourth-order valence-electron chi connectivity index (χ4n) is 3.53. The minimum Gasteiger partial charge on any atom is -0.490 e. The topological polar surface area (TPSA) is 72.8 Å². The molecule has 0 aliphatic carbocycles. The molecule has 0 fully saturated rings. The van der Waals surface area contributed by atoms with Gasteiger partial charge >= 0.3 is 0 Å². The van der Waals surface area contributed by atoms with Crippen LogP contribution in [-0.2, 0) is 0 Å². The summed E-state index contributed by atoms with van der Waals surface area (Å²) in [4.78, 5) is 17.8. The van der Waals surface area contributed by atoms with Crippen LogP contribution in [0.1, 0.15) is 22.8 Å². The summed E-state index contributed by atoms with van der Waals surface area (Å²) in [6.07, 6.45) is 6.76. The van der Waals surface area contributed by atoms with Crippen LogP contribution in [0.15, 0.2) is 77.9 Å². The van der Waals surface area contributed by atoms with Gasteiger partial charge in [-0.25, -0.2) is 10.4 Å². The van der Waals surface area contributed by atoms with Gasteiger partial charge in [0.2, 0.25) is 0 Å². The Hall–Kier alpha value is -4.34. The van der Waals surface area contributed by atoms with Crippen molar-refractivity contribution in [2.45, 2.75) is 6.92 Å². The molecule has 0 spiro atoms. The molecular weight excluding hydrogens is 462 g/mol. The molecule has 7 heteroatoms. The fraction of sp³-hybridized carbons (Fsp3) is 0.107. The number of nitrogens with zero attached hydrogens (tertiary/aromatic N) is 2. The summed E-state index contributed by atoms with van der Waals surface area (Å²) < 4.78 is 11.1. The Bertz CT molecular complexity index is 1430. The third-order valence-corrected chi connectivity index (χ3v) is 5.32. The number of aromatic nitrogens is 1. The van der Waals surface area contributed by atoms with E-state index in [1.54, 1.807) is 18.2 Å². The number of halogens is 1. The highest BCUT2D eigenvalue weighted by Gasteiger charge is 2.14. The third-order valence-electron chi connectivity index (χ3n) is 5.04. The third kappa shape index (κ3) is 5.60. The Labute approximate surface area is 208 Å². The summed E-state index contributed by atoms with van der Waals surface area (Å²) in [7, 11) is 0. The maximum Gasteiger partial charge on any atom is 0.272 e. The van der Waals surface area contributed by atoms with Crippen molar-refractivity contribution in [3.8, 4) is 35.1 Å². The van der Waals surface area contributed by atoms with Crippen molar-refractivity contribution in [2.75, 3.05) is 13.2 Å². The Balaban J connectivity index is 1.61. The second kappa shape index (κ2) is 11.2. The van der Waals surface area contributed by atoms with Gasteiger partial charge < -0.3 is 9.47 Å². The van der Waals surface area contributed by atoms with Crippen molar-refractivity contribution >= 4 is 34.6 Å². The van der Waals surface area contributed by atoms with Crippen molar-refractivity contribution in [1.29, 1.82) is 0 Å². The summed E-state index contributed by atoms with van der Waals surface area (Å²) in [5.74, 6) is 2.85. The molecule has 0 aliphatic heterocycles. The number of pyridine rings is 1. The maximum atomic E-state index is 13.1. The van der Waals surface area contributed by atoms with Gasteiger partial charge in [-0.3, -0.25) is 4.79 Å². The molecule has 1 N–H and O–H groups in total. The second-order valence-electron chi connectivity index (χ2n) is 7.39. The van der Waals surface area contributed by atoms with Crippen LogP contribution in [-0.4, -0.2) is 30.3 Å². The predicted molar refractivity (Wildman–Crippen MR) is 139 cm³/mol. The average Bonchev–Trinajstić information content (AvgIpc) is 2.88. The van der Waals surface area contributed by atoms with E-state index >= 15 is 0 Å². The van der Waals surface area contributed by atoms with Crippen LogP contribution in [0.25, 0.3) is 22.2 Å². The molecule has 1 aromatic heterocycles. The molecule has 0 saturated heterocycles. The number of hydrazone groups is 1. The molecule has 174 valence electrons. The first-order valence-corrected chi connectivity index (χ1v) is 11.3. The number of carbonyl (C=O) groups is 1. The molecule has 3 aromatic carbocycles. The van der Waals surface area contributed by atoms with Crippen LogP contribution in [0.4, 0.5) is 0 Å². The number of terminal acetylenes is 1. The van der Waals surface area contributed by atoms with Crippen LogP contribution in [0.5, 0.6) is 11.5 Å². The molecule has 1 amide bonds. The number of ether oxygens (including phenoxy) is 2. The van der Waals surface area contributed by atoms with E-state index in [0.717, 1.165) is 16.5 Å². The highest BCUT2D eigenvalue weighted by atomic mass is 35.5. The van der Waals surface area contributed by atoms with Gasteiger partial charge in [0.1, 0.15) is 6.61 Å². The number of nitrogens with one attached hydrogen (secondary N) is 1. The number of hydrogen-bond acceptors (Lipinski definition) is 5. The van der Waals surface area contributed by atoms with Gasteiger partial charge in [-0.05, 0) is 36.8 Å². The van der Waals surface area contributed by atoms with E-state index in [2.05, 4.69) is 16.4 Å². The van der Waals surface area contributed by atoms with E-state index in [1.165, 1.54) is 6.21 Å². The Morgan fingerprint density at radius 1 is 1.11 bits per heavy atom. The lowest BCUT2D eigenvalue weighted by Gasteiger charge is -2.13. The quantitative estimate of drug-likeness (QED) is 0.197. The summed E-state index contributed by atoms with van der Waals surface area (Å²) in [6, 6.07) is 22.3. The van der Waals surface area contributed by atoms with E-state index < -0.39 is 0 Å². The largest absolute Gasteiger partial charge is 0.490 e.